The Bertz CT molecular complexity index is 2180. The van der Waals surface area contributed by atoms with Gasteiger partial charge in [-0.2, -0.15) is 15.2 Å². The van der Waals surface area contributed by atoms with Crippen LogP contribution in [0.1, 0.15) is 56.9 Å². The number of likely N-dealkylation sites (tertiary alicyclic amines) is 1. The van der Waals surface area contributed by atoms with E-state index in [1.54, 1.807) is 6.07 Å². The van der Waals surface area contributed by atoms with Crippen molar-refractivity contribution in [3.63, 3.8) is 0 Å². The Labute approximate surface area is 314 Å². The van der Waals surface area contributed by atoms with Gasteiger partial charge in [0.1, 0.15) is 41.0 Å². The Morgan fingerprint density at radius 3 is 2.79 bits per heavy atom. The quantitative estimate of drug-likeness (QED) is 0.229. The highest BCUT2D eigenvalue weighted by Crippen LogP contribution is 2.47. The number of fused-ring (bicyclic) bond motifs is 3. The van der Waals surface area contributed by atoms with E-state index < -0.39 is 23.3 Å². The minimum Gasteiger partial charge on any atom is -0.461 e. The number of hydrogen-bond donors (Lipinski definition) is 2. The number of carbonyl (C=O) groups excluding carboxylic acids is 1. The average Bonchev–Trinajstić information content (AvgIpc) is 3.89. The van der Waals surface area contributed by atoms with Gasteiger partial charge in [0.2, 0.25) is 5.91 Å². The van der Waals surface area contributed by atoms with E-state index in [-0.39, 0.29) is 72.3 Å². The molecule has 0 unspecified atom stereocenters. The van der Waals surface area contributed by atoms with Crippen LogP contribution in [0.3, 0.4) is 0 Å². The van der Waals surface area contributed by atoms with Gasteiger partial charge in [0.15, 0.2) is 5.82 Å². The molecule has 2 aromatic carbocycles. The van der Waals surface area contributed by atoms with E-state index in [4.69, 9.17) is 27.1 Å². The van der Waals surface area contributed by atoms with Crippen molar-refractivity contribution in [1.82, 2.24) is 25.1 Å². The van der Waals surface area contributed by atoms with E-state index in [2.05, 4.69) is 20.1 Å². The summed E-state index contributed by atoms with van der Waals surface area (Å²) in [6, 6.07) is 6.15. The molecule has 53 heavy (non-hydrogen) atoms. The summed E-state index contributed by atoms with van der Waals surface area (Å²) in [6.07, 6.45) is 5.77. The minimum atomic E-state index is -0.947. The van der Waals surface area contributed by atoms with E-state index in [0.717, 1.165) is 69.4 Å². The Morgan fingerprint density at radius 2 is 2.00 bits per heavy atom. The van der Waals surface area contributed by atoms with Crippen LogP contribution < -0.4 is 20.7 Å². The highest BCUT2D eigenvalue weighted by atomic mass is 35.5. The lowest BCUT2D eigenvalue weighted by Gasteiger charge is -2.52. The molecule has 3 atom stereocenters. The fourth-order valence-corrected chi connectivity index (χ4v) is 11.0. The van der Waals surface area contributed by atoms with Crippen LogP contribution >= 0.6 is 22.9 Å². The fraction of sp³-hybridized carbons (Fsp3) is 0.526. The number of hydrogen-bond acceptors (Lipinski definition) is 10. The number of nitrogens with one attached hydrogen (secondary N) is 1. The van der Waals surface area contributed by atoms with E-state index in [1.165, 1.54) is 12.1 Å². The number of nitriles is 1. The maximum absolute atomic E-state index is 17.3. The summed E-state index contributed by atoms with van der Waals surface area (Å²) in [7, 11) is 0. The molecule has 278 valence electrons. The standard InChI is InChI=1S/C38H40ClF3N8O2S/c39-25-13-23-31(30(42)29(25)22-6-7-26(41)32-28(22)24(15-43)33(44)53-32)46-36(52-20-38-9-4-12-50(38)16-21(40)14-38)47-34(23)48-11-2-1-8-37(17-48)18-49(19-37)35(51)27-5-3-10-45-27/h6-7,13,21,27,45H,1-5,8-12,14,16-20,44H2/t21-,27+,38+/m1/s1. The lowest BCUT2D eigenvalue weighted by molar-refractivity contribution is -0.145. The highest BCUT2D eigenvalue weighted by molar-refractivity contribution is 7.23. The number of amides is 1. The molecule has 5 aliphatic rings. The molecule has 5 saturated heterocycles. The fourth-order valence-electron chi connectivity index (χ4n) is 9.71. The molecule has 0 aliphatic carbocycles. The van der Waals surface area contributed by atoms with Gasteiger partial charge in [-0.15, -0.1) is 11.3 Å². The zero-order valence-corrected chi connectivity index (χ0v) is 30.8. The van der Waals surface area contributed by atoms with E-state index in [9.17, 15) is 14.4 Å². The number of nitrogen functional groups attached to an aromatic ring is 1. The monoisotopic (exact) mass is 764 g/mol. The lowest BCUT2D eigenvalue weighted by Crippen LogP contribution is -2.64. The molecule has 0 saturated carbocycles. The molecule has 2 aromatic heterocycles. The van der Waals surface area contributed by atoms with Gasteiger partial charge in [0.25, 0.3) is 0 Å². The van der Waals surface area contributed by atoms with Crippen molar-refractivity contribution in [2.75, 3.05) is 63.1 Å². The SMILES string of the molecule is N#Cc1c(N)sc2c(F)ccc(-c3c(Cl)cc4c(N5CCCCC6(CN(C(=O)[C@@H]7CCCN7)C6)C5)nc(OC[C@@]56CCCN5C[C@H](F)C6)nc4c3F)c12. The van der Waals surface area contributed by atoms with Gasteiger partial charge in [-0.1, -0.05) is 24.1 Å². The number of anilines is 2. The molecular weight excluding hydrogens is 725 g/mol. The Morgan fingerprint density at radius 1 is 1.15 bits per heavy atom. The summed E-state index contributed by atoms with van der Waals surface area (Å²) in [5.41, 5.74) is 5.70. The van der Waals surface area contributed by atoms with Gasteiger partial charge in [0, 0.05) is 60.9 Å². The van der Waals surface area contributed by atoms with Crippen molar-refractivity contribution in [1.29, 1.82) is 5.26 Å². The topological polar surface area (TPSA) is 124 Å². The number of nitrogens with two attached hydrogens (primary N) is 1. The average molecular weight is 765 g/mol. The van der Waals surface area contributed by atoms with Crippen molar-refractivity contribution >= 4 is 60.7 Å². The molecule has 4 aromatic rings. The van der Waals surface area contributed by atoms with Gasteiger partial charge in [-0.05, 0) is 69.3 Å². The number of carbonyl (C=O) groups is 1. The molecule has 5 fully saturated rings. The molecule has 1 amide bonds. The first-order chi connectivity index (χ1) is 25.6. The smallest absolute Gasteiger partial charge is 0.319 e. The minimum absolute atomic E-state index is 0.0269. The van der Waals surface area contributed by atoms with Crippen LogP contribution in [0.25, 0.3) is 32.1 Å². The summed E-state index contributed by atoms with van der Waals surface area (Å²) in [4.78, 5) is 29.0. The van der Waals surface area contributed by atoms with E-state index in [1.807, 2.05) is 11.0 Å². The number of rotatable bonds is 6. The van der Waals surface area contributed by atoms with Crippen LogP contribution in [-0.4, -0.2) is 95.8 Å². The number of thiophene rings is 1. The predicted molar refractivity (Wildman–Crippen MR) is 199 cm³/mol. The van der Waals surface area contributed by atoms with E-state index >= 15 is 8.78 Å². The number of ether oxygens (including phenoxy) is 1. The first-order valence-electron chi connectivity index (χ1n) is 18.5. The largest absolute Gasteiger partial charge is 0.461 e. The zero-order valence-electron chi connectivity index (χ0n) is 29.2. The molecule has 1 spiro atoms. The Kier molecular flexibility index (Phi) is 8.64. The zero-order chi connectivity index (χ0) is 36.6. The van der Waals surface area contributed by atoms with E-state index in [0.29, 0.717) is 50.3 Å². The third-order valence-electron chi connectivity index (χ3n) is 12.2. The van der Waals surface area contributed by atoms with Gasteiger partial charge in [0.05, 0.1) is 26.9 Å². The number of nitrogens with zero attached hydrogens (tertiary/aromatic N) is 6. The summed E-state index contributed by atoms with van der Waals surface area (Å²) in [5.74, 6) is -0.716. The molecule has 15 heteroatoms. The van der Waals surface area contributed by atoms with Crippen LogP contribution in [0.5, 0.6) is 6.01 Å². The molecule has 0 radical (unpaired) electrons. The third-order valence-corrected chi connectivity index (χ3v) is 13.5. The third kappa shape index (κ3) is 5.77. The second kappa shape index (κ2) is 13.1. The molecule has 10 nitrogen and oxygen atoms in total. The summed E-state index contributed by atoms with van der Waals surface area (Å²) >= 11 is 7.88. The van der Waals surface area contributed by atoms with Crippen molar-refractivity contribution in [2.24, 2.45) is 5.41 Å². The second-order valence-corrected chi connectivity index (χ2v) is 17.1. The first kappa shape index (κ1) is 34.8. The van der Waals surface area contributed by atoms with Crippen LogP contribution in [0, 0.1) is 28.4 Å². The maximum atomic E-state index is 17.3. The van der Waals surface area contributed by atoms with Crippen LogP contribution in [0.4, 0.5) is 24.0 Å². The van der Waals surface area contributed by atoms with Crippen LogP contribution in [-0.2, 0) is 4.79 Å². The Hall–Kier alpha value is -3.90. The number of alkyl halides is 1. The van der Waals surface area contributed by atoms with Crippen molar-refractivity contribution < 1.29 is 22.7 Å². The molecule has 0 bridgehead atoms. The summed E-state index contributed by atoms with van der Waals surface area (Å²) in [5, 5.41) is 14.0. The van der Waals surface area contributed by atoms with Gasteiger partial charge < -0.3 is 25.6 Å². The van der Waals surface area contributed by atoms with Gasteiger partial charge in [-0.25, -0.2) is 13.2 Å². The number of benzene rings is 2. The predicted octanol–water partition coefficient (Wildman–Crippen LogP) is 6.42. The van der Waals surface area contributed by atoms with Crippen LogP contribution in [0.2, 0.25) is 5.02 Å². The molecule has 5 aliphatic heterocycles. The second-order valence-electron chi connectivity index (χ2n) is 15.6. The first-order valence-corrected chi connectivity index (χ1v) is 19.7. The summed E-state index contributed by atoms with van der Waals surface area (Å²) in [6.45, 7) is 4.69. The lowest BCUT2D eigenvalue weighted by atomic mass is 9.75. The van der Waals surface area contributed by atoms with Gasteiger partial charge in [-0.3, -0.25) is 9.69 Å². The maximum Gasteiger partial charge on any atom is 0.319 e. The Balaban J connectivity index is 1.14. The van der Waals surface area contributed by atoms with Gasteiger partial charge >= 0.3 is 6.01 Å². The molecule has 9 rings (SSSR count). The van der Waals surface area contributed by atoms with Crippen molar-refractivity contribution in [3.8, 4) is 23.2 Å². The summed E-state index contributed by atoms with van der Waals surface area (Å²) < 4.78 is 53.4. The molecule has 7 heterocycles. The van der Waals surface area contributed by atoms with Crippen molar-refractivity contribution in [2.45, 2.75) is 69.1 Å². The molecular formula is C38H40ClF3N8O2S. The number of aromatic nitrogens is 2. The normalized spacial score (nSPS) is 25.6. The number of halogens is 4. The van der Waals surface area contributed by atoms with Crippen LogP contribution in [0.15, 0.2) is 18.2 Å². The highest BCUT2D eigenvalue weighted by Gasteiger charge is 2.50. The molecule has 3 N–H and O–H groups in total. The van der Waals surface area contributed by atoms with Crippen molar-refractivity contribution in [3.05, 3.63) is 40.4 Å².